The Kier molecular flexibility index (Phi) is 4.06. The molecule has 3 rings (SSSR count). The van der Waals surface area contributed by atoms with E-state index in [1.165, 1.54) is 23.9 Å². The summed E-state index contributed by atoms with van der Waals surface area (Å²) < 4.78 is 18.8. The van der Waals surface area contributed by atoms with Crippen molar-refractivity contribution in [2.24, 2.45) is 0 Å². The second-order valence-corrected chi connectivity index (χ2v) is 5.53. The highest BCUT2D eigenvalue weighted by Crippen LogP contribution is 2.32. The zero-order valence-corrected chi connectivity index (χ0v) is 12.0. The minimum atomic E-state index is -0.376. The van der Waals surface area contributed by atoms with Crippen LogP contribution in [0.2, 0.25) is 0 Å². The molecule has 0 N–H and O–H groups in total. The Bertz CT molecular complexity index is 651. The number of benzene rings is 1. The number of anilines is 1. The molecule has 0 spiro atoms. The molecule has 2 heterocycles. The molecule has 21 heavy (non-hydrogen) atoms. The van der Waals surface area contributed by atoms with Crippen LogP contribution in [0.15, 0.2) is 47.6 Å². The Morgan fingerprint density at radius 3 is 2.95 bits per heavy atom. The van der Waals surface area contributed by atoms with Gasteiger partial charge in [0.1, 0.15) is 18.2 Å². The smallest absolute Gasteiger partial charge is 0.237 e. The van der Waals surface area contributed by atoms with Gasteiger partial charge in [-0.05, 0) is 24.3 Å². The van der Waals surface area contributed by atoms with Gasteiger partial charge in [0, 0.05) is 23.4 Å². The normalized spacial score (nSPS) is 13.5. The quantitative estimate of drug-likeness (QED) is 0.818. The number of carbonyl (C=O) groups excluding carboxylic acids is 1. The van der Waals surface area contributed by atoms with Crippen molar-refractivity contribution in [3.63, 3.8) is 0 Å². The molecular weight excluding hydrogens is 291 g/mol. The highest BCUT2D eigenvalue weighted by atomic mass is 32.2. The van der Waals surface area contributed by atoms with Crippen LogP contribution in [0.4, 0.5) is 10.1 Å². The monoisotopic (exact) mass is 304 g/mol. The fourth-order valence-electron chi connectivity index (χ4n) is 2.11. The molecule has 0 saturated carbocycles. The molecule has 108 valence electrons. The van der Waals surface area contributed by atoms with E-state index >= 15 is 0 Å². The molecule has 0 radical (unpaired) electrons. The lowest BCUT2D eigenvalue weighted by molar-refractivity contribution is -0.116. The van der Waals surface area contributed by atoms with Crippen LogP contribution in [0.3, 0.4) is 0 Å². The number of rotatable bonds is 3. The standard InChI is InChI=1S/C15H13FN2O2S/c16-11-1-2-14-13(9-11)18(7-8-20-14)15(19)10-21-12-3-5-17-6-4-12/h1-6,9H,7-8,10H2. The van der Waals surface area contributed by atoms with Crippen molar-refractivity contribution < 1.29 is 13.9 Å². The Balaban J connectivity index is 1.73. The van der Waals surface area contributed by atoms with Gasteiger partial charge in [-0.1, -0.05) is 0 Å². The number of thioether (sulfide) groups is 1. The number of ether oxygens (including phenoxy) is 1. The predicted octanol–water partition coefficient (Wildman–Crippen LogP) is 2.74. The summed E-state index contributed by atoms with van der Waals surface area (Å²) >= 11 is 1.44. The first-order valence-corrected chi connectivity index (χ1v) is 7.48. The maximum Gasteiger partial charge on any atom is 0.237 e. The average Bonchev–Trinajstić information content (AvgIpc) is 2.53. The molecule has 0 saturated heterocycles. The Morgan fingerprint density at radius 1 is 1.33 bits per heavy atom. The van der Waals surface area contributed by atoms with Crippen LogP contribution >= 0.6 is 11.8 Å². The molecule has 1 aliphatic heterocycles. The van der Waals surface area contributed by atoms with Crippen molar-refractivity contribution >= 4 is 23.4 Å². The summed E-state index contributed by atoms with van der Waals surface area (Å²) in [6.45, 7) is 0.858. The summed E-state index contributed by atoms with van der Waals surface area (Å²) in [6.07, 6.45) is 3.37. The second kappa shape index (κ2) is 6.13. The third kappa shape index (κ3) is 3.16. The van der Waals surface area contributed by atoms with Crippen molar-refractivity contribution in [2.75, 3.05) is 23.8 Å². The number of nitrogens with zero attached hydrogens (tertiary/aromatic N) is 2. The molecule has 0 atom stereocenters. The molecule has 1 aromatic heterocycles. The average molecular weight is 304 g/mol. The third-order valence-electron chi connectivity index (χ3n) is 3.10. The van der Waals surface area contributed by atoms with Gasteiger partial charge in [0.25, 0.3) is 0 Å². The molecule has 4 nitrogen and oxygen atoms in total. The molecule has 0 bridgehead atoms. The zero-order valence-electron chi connectivity index (χ0n) is 11.2. The highest BCUT2D eigenvalue weighted by Gasteiger charge is 2.24. The van der Waals surface area contributed by atoms with Crippen LogP contribution in [-0.4, -0.2) is 29.8 Å². The van der Waals surface area contributed by atoms with E-state index < -0.39 is 0 Å². The van der Waals surface area contributed by atoms with Crippen molar-refractivity contribution in [3.8, 4) is 5.75 Å². The second-order valence-electron chi connectivity index (χ2n) is 4.48. The fraction of sp³-hybridized carbons (Fsp3) is 0.200. The Morgan fingerprint density at radius 2 is 2.14 bits per heavy atom. The number of halogens is 1. The molecule has 0 aliphatic carbocycles. The Hall–Kier alpha value is -2.08. The first kappa shape index (κ1) is 13.9. The number of amides is 1. The van der Waals surface area contributed by atoms with Gasteiger partial charge in [0.15, 0.2) is 0 Å². The fourth-order valence-corrected chi connectivity index (χ4v) is 2.87. The summed E-state index contributed by atoms with van der Waals surface area (Å²) in [4.78, 5) is 18.8. The van der Waals surface area contributed by atoms with E-state index in [9.17, 15) is 9.18 Å². The van der Waals surface area contributed by atoms with Gasteiger partial charge in [-0.25, -0.2) is 4.39 Å². The van der Waals surface area contributed by atoms with E-state index in [-0.39, 0.29) is 11.7 Å². The zero-order chi connectivity index (χ0) is 14.7. The first-order chi connectivity index (χ1) is 10.2. The summed E-state index contributed by atoms with van der Waals surface area (Å²) in [5.74, 6) is 0.399. The van der Waals surface area contributed by atoms with Crippen molar-refractivity contribution in [1.82, 2.24) is 4.98 Å². The number of aromatic nitrogens is 1. The van der Waals surface area contributed by atoms with E-state index in [0.717, 1.165) is 4.90 Å². The van der Waals surface area contributed by atoms with Crippen LogP contribution in [0.5, 0.6) is 5.75 Å². The molecule has 2 aromatic rings. The van der Waals surface area contributed by atoms with E-state index in [1.807, 2.05) is 12.1 Å². The number of pyridine rings is 1. The summed E-state index contributed by atoms with van der Waals surface area (Å²) in [7, 11) is 0. The lowest BCUT2D eigenvalue weighted by Crippen LogP contribution is -2.39. The maximum absolute atomic E-state index is 13.4. The molecule has 0 unspecified atom stereocenters. The molecule has 0 fully saturated rings. The maximum atomic E-state index is 13.4. The van der Waals surface area contributed by atoms with Crippen LogP contribution in [0, 0.1) is 5.82 Å². The van der Waals surface area contributed by atoms with Gasteiger partial charge in [-0.3, -0.25) is 9.78 Å². The van der Waals surface area contributed by atoms with E-state index in [4.69, 9.17) is 4.74 Å². The Labute approximate surface area is 125 Å². The van der Waals surface area contributed by atoms with Gasteiger partial charge in [-0.15, -0.1) is 11.8 Å². The highest BCUT2D eigenvalue weighted by molar-refractivity contribution is 8.00. The van der Waals surface area contributed by atoms with Crippen LogP contribution < -0.4 is 9.64 Å². The predicted molar refractivity (Wildman–Crippen MR) is 79.2 cm³/mol. The SMILES string of the molecule is O=C(CSc1ccncc1)N1CCOc2ccc(F)cc21. The minimum Gasteiger partial charge on any atom is -0.490 e. The largest absolute Gasteiger partial charge is 0.490 e. The van der Waals surface area contributed by atoms with Gasteiger partial charge in [0.2, 0.25) is 5.91 Å². The minimum absolute atomic E-state index is 0.0630. The lowest BCUT2D eigenvalue weighted by atomic mass is 10.2. The summed E-state index contributed by atoms with van der Waals surface area (Å²) in [5.41, 5.74) is 0.501. The van der Waals surface area contributed by atoms with Crippen molar-refractivity contribution in [2.45, 2.75) is 4.90 Å². The molecule has 6 heteroatoms. The van der Waals surface area contributed by atoms with Gasteiger partial charge in [-0.2, -0.15) is 0 Å². The summed E-state index contributed by atoms with van der Waals surface area (Å²) in [5, 5.41) is 0. The number of carbonyl (C=O) groups is 1. The van der Waals surface area contributed by atoms with Crippen LogP contribution in [-0.2, 0) is 4.79 Å². The van der Waals surface area contributed by atoms with Crippen molar-refractivity contribution in [1.29, 1.82) is 0 Å². The van der Waals surface area contributed by atoms with Crippen LogP contribution in [0.1, 0.15) is 0 Å². The van der Waals surface area contributed by atoms with E-state index in [0.29, 0.717) is 30.3 Å². The van der Waals surface area contributed by atoms with E-state index in [2.05, 4.69) is 4.98 Å². The van der Waals surface area contributed by atoms with Crippen LogP contribution in [0.25, 0.3) is 0 Å². The van der Waals surface area contributed by atoms with Crippen molar-refractivity contribution in [3.05, 3.63) is 48.5 Å². The van der Waals surface area contributed by atoms with E-state index in [1.54, 1.807) is 23.4 Å². The number of fused-ring (bicyclic) bond motifs is 1. The van der Waals surface area contributed by atoms with Gasteiger partial charge in [0.05, 0.1) is 18.0 Å². The number of hydrogen-bond donors (Lipinski definition) is 0. The molecular formula is C15H13FN2O2S. The number of hydrogen-bond acceptors (Lipinski definition) is 4. The molecule has 1 aliphatic rings. The first-order valence-electron chi connectivity index (χ1n) is 6.49. The molecule has 1 aromatic carbocycles. The van der Waals surface area contributed by atoms with Gasteiger partial charge >= 0.3 is 0 Å². The lowest BCUT2D eigenvalue weighted by Gasteiger charge is -2.29. The van der Waals surface area contributed by atoms with Gasteiger partial charge < -0.3 is 9.64 Å². The summed E-state index contributed by atoms with van der Waals surface area (Å²) in [6, 6.07) is 7.93. The molecule has 1 amide bonds. The third-order valence-corrected chi connectivity index (χ3v) is 4.09. The topological polar surface area (TPSA) is 42.4 Å².